The topological polar surface area (TPSA) is 0 Å². The highest BCUT2D eigenvalue weighted by Gasteiger charge is 2.17. The second-order valence-corrected chi connectivity index (χ2v) is 6.20. The van der Waals surface area contributed by atoms with Crippen LogP contribution in [-0.4, -0.2) is 4.83 Å². The van der Waals surface area contributed by atoms with Crippen molar-refractivity contribution in [3.05, 3.63) is 22.4 Å². The maximum absolute atomic E-state index is 4.08. The quantitative estimate of drug-likeness (QED) is 0.561. The predicted octanol–water partition coefficient (Wildman–Crippen LogP) is 4.75. The van der Waals surface area contributed by atoms with Crippen molar-refractivity contribution in [3.63, 3.8) is 0 Å². The molecular formula is C11H17BrS2. The molecule has 0 aromatic carbocycles. The van der Waals surface area contributed by atoms with Gasteiger partial charge in [0.05, 0.1) is 0 Å². The number of thiophene rings is 1. The van der Waals surface area contributed by atoms with E-state index in [-0.39, 0.29) is 0 Å². The molecule has 0 radical (unpaired) electrons. The minimum absolute atomic E-state index is 0.836. The molecule has 0 spiro atoms. The summed E-state index contributed by atoms with van der Waals surface area (Å²) in [4.78, 5) is 0.836. The Balaban J connectivity index is 0.000000140. The SMILES string of the molecule is CC1CCC(Br)C1.SCc1ccsc1. The molecule has 1 aliphatic carbocycles. The van der Waals surface area contributed by atoms with Crippen LogP contribution in [0.15, 0.2) is 16.8 Å². The molecule has 0 N–H and O–H groups in total. The number of hydrogen-bond donors (Lipinski definition) is 1. The number of alkyl halides is 1. The Morgan fingerprint density at radius 3 is 2.57 bits per heavy atom. The first kappa shape index (κ1) is 12.6. The third-order valence-corrected chi connectivity index (χ3v) is 4.32. The number of rotatable bonds is 1. The third kappa shape index (κ3) is 4.85. The van der Waals surface area contributed by atoms with E-state index in [0.717, 1.165) is 16.5 Å². The standard InChI is InChI=1S/C6H11Br.C5H6S2/c1-5-2-3-6(7)4-5;6-3-5-1-2-7-4-5/h5-6H,2-4H2,1H3;1-2,4,6H,3H2. The van der Waals surface area contributed by atoms with Crippen molar-refractivity contribution in [2.75, 3.05) is 0 Å². The van der Waals surface area contributed by atoms with Gasteiger partial charge in [0, 0.05) is 10.6 Å². The van der Waals surface area contributed by atoms with Gasteiger partial charge in [0.1, 0.15) is 0 Å². The van der Waals surface area contributed by atoms with Gasteiger partial charge in [0.2, 0.25) is 0 Å². The first-order chi connectivity index (χ1) is 6.72. The van der Waals surface area contributed by atoms with Gasteiger partial charge in [-0.2, -0.15) is 24.0 Å². The molecule has 2 unspecified atom stereocenters. The lowest BCUT2D eigenvalue weighted by Gasteiger charge is -1.94. The normalized spacial score (nSPS) is 25.6. The second-order valence-electron chi connectivity index (χ2n) is 3.81. The van der Waals surface area contributed by atoms with Crippen LogP contribution in [0, 0.1) is 5.92 Å². The summed E-state index contributed by atoms with van der Waals surface area (Å²) in [6, 6.07) is 2.08. The van der Waals surface area contributed by atoms with Gasteiger partial charge < -0.3 is 0 Å². The zero-order chi connectivity index (χ0) is 10.4. The molecule has 1 aromatic rings. The van der Waals surface area contributed by atoms with Crippen molar-refractivity contribution in [2.45, 2.75) is 36.8 Å². The lowest BCUT2D eigenvalue weighted by atomic mass is 10.2. The maximum atomic E-state index is 4.08. The van der Waals surface area contributed by atoms with Gasteiger partial charge in [0.15, 0.2) is 0 Å². The first-order valence-electron chi connectivity index (χ1n) is 4.98. The van der Waals surface area contributed by atoms with E-state index in [4.69, 9.17) is 0 Å². The Bertz CT molecular complexity index is 225. The predicted molar refractivity (Wildman–Crippen MR) is 72.7 cm³/mol. The van der Waals surface area contributed by atoms with Crippen molar-refractivity contribution >= 4 is 39.9 Å². The lowest BCUT2D eigenvalue weighted by Crippen LogP contribution is -1.87. The van der Waals surface area contributed by atoms with Gasteiger partial charge >= 0.3 is 0 Å². The zero-order valence-corrected chi connectivity index (χ0v) is 11.7. The van der Waals surface area contributed by atoms with Crippen LogP contribution < -0.4 is 0 Å². The van der Waals surface area contributed by atoms with E-state index in [1.165, 1.54) is 24.8 Å². The minimum atomic E-state index is 0.836. The molecule has 0 amide bonds. The second kappa shape index (κ2) is 6.91. The highest BCUT2D eigenvalue weighted by atomic mass is 79.9. The molecule has 0 nitrogen and oxygen atoms in total. The molecule has 1 aromatic heterocycles. The Kier molecular flexibility index (Phi) is 6.22. The van der Waals surface area contributed by atoms with Crippen molar-refractivity contribution in [1.82, 2.24) is 0 Å². The summed E-state index contributed by atoms with van der Waals surface area (Å²) in [5.41, 5.74) is 1.31. The van der Waals surface area contributed by atoms with E-state index >= 15 is 0 Å². The van der Waals surface area contributed by atoms with Crippen LogP contribution in [0.5, 0.6) is 0 Å². The number of thiol groups is 1. The van der Waals surface area contributed by atoms with Gasteiger partial charge in [-0.1, -0.05) is 22.9 Å². The molecule has 1 heterocycles. The highest BCUT2D eigenvalue weighted by molar-refractivity contribution is 9.09. The van der Waals surface area contributed by atoms with Crippen LogP contribution in [-0.2, 0) is 5.75 Å². The molecule has 14 heavy (non-hydrogen) atoms. The molecule has 0 aliphatic heterocycles. The average Bonchev–Trinajstić information content (AvgIpc) is 2.78. The van der Waals surface area contributed by atoms with Gasteiger partial charge in [-0.05, 0) is 47.6 Å². The molecule has 1 saturated carbocycles. The fourth-order valence-corrected chi connectivity index (χ4v) is 3.41. The Hall–Kier alpha value is 0.530. The summed E-state index contributed by atoms with van der Waals surface area (Å²) in [5.74, 6) is 1.84. The van der Waals surface area contributed by atoms with Crippen molar-refractivity contribution < 1.29 is 0 Å². The summed E-state index contributed by atoms with van der Waals surface area (Å²) >= 11 is 9.38. The van der Waals surface area contributed by atoms with E-state index in [1.54, 1.807) is 11.3 Å². The molecular weight excluding hydrogens is 276 g/mol. The van der Waals surface area contributed by atoms with Crippen LogP contribution >= 0.6 is 39.9 Å². The van der Waals surface area contributed by atoms with Crippen molar-refractivity contribution in [3.8, 4) is 0 Å². The fraction of sp³-hybridized carbons (Fsp3) is 0.636. The minimum Gasteiger partial charge on any atom is -0.175 e. The van der Waals surface area contributed by atoms with E-state index in [1.807, 2.05) is 0 Å². The van der Waals surface area contributed by atoms with E-state index < -0.39 is 0 Å². The fourth-order valence-electron chi connectivity index (χ4n) is 1.52. The molecule has 80 valence electrons. The molecule has 1 fully saturated rings. The monoisotopic (exact) mass is 292 g/mol. The van der Waals surface area contributed by atoms with Gasteiger partial charge in [-0.25, -0.2) is 0 Å². The van der Waals surface area contributed by atoms with E-state index in [2.05, 4.69) is 52.3 Å². The third-order valence-electron chi connectivity index (χ3n) is 2.39. The average molecular weight is 293 g/mol. The van der Waals surface area contributed by atoms with Crippen molar-refractivity contribution in [2.24, 2.45) is 5.92 Å². The van der Waals surface area contributed by atoms with E-state index in [9.17, 15) is 0 Å². The number of halogens is 1. The largest absolute Gasteiger partial charge is 0.175 e. The lowest BCUT2D eigenvalue weighted by molar-refractivity contribution is 0.614. The Morgan fingerprint density at radius 1 is 1.57 bits per heavy atom. The Labute approximate surface area is 105 Å². The van der Waals surface area contributed by atoms with Crippen LogP contribution in [0.2, 0.25) is 0 Å². The maximum Gasteiger partial charge on any atom is 0.0162 e. The van der Waals surface area contributed by atoms with Gasteiger partial charge in [0.25, 0.3) is 0 Å². The van der Waals surface area contributed by atoms with Crippen LogP contribution in [0.1, 0.15) is 31.7 Å². The van der Waals surface area contributed by atoms with E-state index in [0.29, 0.717) is 0 Å². The summed E-state index contributed by atoms with van der Waals surface area (Å²) in [6.45, 7) is 2.32. The zero-order valence-electron chi connectivity index (χ0n) is 8.45. The molecule has 2 atom stereocenters. The summed E-state index contributed by atoms with van der Waals surface area (Å²) < 4.78 is 0. The number of hydrogen-bond acceptors (Lipinski definition) is 2. The highest BCUT2D eigenvalue weighted by Crippen LogP contribution is 2.29. The van der Waals surface area contributed by atoms with Crippen LogP contribution in [0.3, 0.4) is 0 Å². The first-order valence-corrected chi connectivity index (χ1v) is 7.47. The molecule has 2 rings (SSSR count). The van der Waals surface area contributed by atoms with Crippen LogP contribution in [0.4, 0.5) is 0 Å². The van der Waals surface area contributed by atoms with Crippen molar-refractivity contribution in [1.29, 1.82) is 0 Å². The summed E-state index contributed by atoms with van der Waals surface area (Å²) in [7, 11) is 0. The molecule has 3 heteroatoms. The molecule has 1 aliphatic rings. The van der Waals surface area contributed by atoms with Gasteiger partial charge in [-0.3, -0.25) is 0 Å². The molecule has 0 saturated heterocycles. The summed E-state index contributed by atoms with van der Waals surface area (Å²) in [6.07, 6.45) is 4.21. The smallest absolute Gasteiger partial charge is 0.0162 e. The van der Waals surface area contributed by atoms with Crippen LogP contribution in [0.25, 0.3) is 0 Å². The Morgan fingerprint density at radius 2 is 2.36 bits per heavy atom. The summed E-state index contributed by atoms with van der Waals surface area (Å²) in [5, 5.41) is 4.17. The van der Waals surface area contributed by atoms with Gasteiger partial charge in [-0.15, -0.1) is 0 Å². The molecule has 0 bridgehead atoms.